The molecule has 2 aliphatic heterocycles. The maximum absolute atomic E-state index is 14.0. The lowest BCUT2D eigenvalue weighted by Crippen LogP contribution is -2.51. The first-order valence-corrected chi connectivity index (χ1v) is 13.9. The standard InChI is InChI=1S/C29H21N3OS3/c33-28-26(21-25-17-10-20-34-25)35-29(31(28)23-13-6-2-7-14-23)32(24-15-8-3-9-16-24)30-27(36-29)19-18-22-11-4-1-5-12-22/h1-21H/b19-18-,26-21-/t29-/m0/s1. The monoisotopic (exact) mass is 523 g/mol. The predicted octanol–water partition coefficient (Wildman–Crippen LogP) is 7.76. The van der Waals surface area contributed by atoms with E-state index in [-0.39, 0.29) is 5.91 Å². The highest BCUT2D eigenvalue weighted by atomic mass is 32.2. The lowest BCUT2D eigenvalue weighted by molar-refractivity contribution is -0.114. The van der Waals surface area contributed by atoms with E-state index in [0.29, 0.717) is 4.91 Å². The van der Waals surface area contributed by atoms with Gasteiger partial charge in [0.1, 0.15) is 5.04 Å². The molecule has 1 saturated heterocycles. The number of hydrogen-bond donors (Lipinski definition) is 0. The number of rotatable bonds is 5. The minimum atomic E-state index is -0.834. The first kappa shape index (κ1) is 22.9. The first-order valence-electron chi connectivity index (χ1n) is 11.4. The van der Waals surface area contributed by atoms with Gasteiger partial charge in [0.25, 0.3) is 5.91 Å². The second-order valence-corrected chi connectivity index (χ2v) is 11.7. The molecule has 3 heterocycles. The number of benzene rings is 3. The molecule has 7 heteroatoms. The number of hydrazone groups is 1. The third kappa shape index (κ3) is 4.30. The Kier molecular flexibility index (Phi) is 6.27. The van der Waals surface area contributed by atoms with Gasteiger partial charge in [-0.3, -0.25) is 9.69 Å². The molecule has 0 saturated carbocycles. The molecular formula is C29H21N3OS3. The Morgan fingerprint density at radius 3 is 2.06 bits per heavy atom. The first-order chi connectivity index (χ1) is 17.7. The van der Waals surface area contributed by atoms with E-state index >= 15 is 0 Å². The van der Waals surface area contributed by atoms with Gasteiger partial charge < -0.3 is 0 Å². The number of nitrogens with zero attached hydrogens (tertiary/aromatic N) is 3. The number of amides is 1. The zero-order valence-electron chi connectivity index (χ0n) is 19.1. The fraction of sp³-hybridized carbons (Fsp3) is 0.0345. The Morgan fingerprint density at radius 2 is 1.39 bits per heavy atom. The van der Waals surface area contributed by atoms with Crippen LogP contribution in [-0.2, 0) is 4.79 Å². The van der Waals surface area contributed by atoms with Crippen LogP contribution in [0, 0.1) is 0 Å². The average Bonchev–Trinajstić information content (AvgIpc) is 3.63. The van der Waals surface area contributed by atoms with Gasteiger partial charge in [-0.1, -0.05) is 90.6 Å². The molecule has 4 aromatic rings. The Labute approximate surface area is 222 Å². The molecular weight excluding hydrogens is 503 g/mol. The summed E-state index contributed by atoms with van der Waals surface area (Å²) in [4.78, 5) is 17.6. The van der Waals surface area contributed by atoms with Crippen LogP contribution in [0.5, 0.6) is 0 Å². The van der Waals surface area contributed by atoms with Gasteiger partial charge in [-0.05, 0) is 65.2 Å². The summed E-state index contributed by atoms with van der Waals surface area (Å²) in [5, 5.41) is 9.88. The quantitative estimate of drug-likeness (QED) is 0.251. The summed E-state index contributed by atoms with van der Waals surface area (Å²) in [6, 6.07) is 34.1. The molecule has 2 aliphatic rings. The van der Waals surface area contributed by atoms with Gasteiger partial charge in [0.2, 0.25) is 4.33 Å². The number of carbonyl (C=O) groups excluding carboxylic acids is 1. The van der Waals surface area contributed by atoms with Crippen LogP contribution >= 0.6 is 34.9 Å². The molecule has 0 aliphatic carbocycles. The van der Waals surface area contributed by atoms with Crippen LogP contribution in [0.15, 0.2) is 125 Å². The number of hydrogen-bond acceptors (Lipinski definition) is 6. The third-order valence-corrected chi connectivity index (χ3v) is 9.19. The SMILES string of the molecule is O=C1/C(=C/c2cccs2)S[C@]2(SC(/C=C\c3ccccc3)=NN2c2ccccc2)N1c1ccccc1. The second kappa shape index (κ2) is 9.85. The van der Waals surface area contributed by atoms with E-state index < -0.39 is 4.33 Å². The summed E-state index contributed by atoms with van der Waals surface area (Å²) in [5.41, 5.74) is 2.86. The highest BCUT2D eigenvalue weighted by molar-refractivity contribution is 8.28. The van der Waals surface area contributed by atoms with Crippen LogP contribution in [-0.4, -0.2) is 15.3 Å². The van der Waals surface area contributed by atoms with E-state index in [2.05, 4.69) is 18.2 Å². The lowest BCUT2D eigenvalue weighted by atomic mass is 10.2. The van der Waals surface area contributed by atoms with E-state index in [1.54, 1.807) is 34.9 Å². The van der Waals surface area contributed by atoms with Crippen molar-refractivity contribution < 1.29 is 4.79 Å². The fourth-order valence-corrected chi connectivity index (χ4v) is 7.71. The van der Waals surface area contributed by atoms with Crippen molar-refractivity contribution in [2.24, 2.45) is 5.10 Å². The van der Waals surface area contributed by atoms with E-state index in [1.165, 1.54) is 0 Å². The van der Waals surface area contributed by atoms with Gasteiger partial charge in [0, 0.05) is 10.6 Å². The molecule has 1 amide bonds. The highest BCUT2D eigenvalue weighted by Crippen LogP contribution is 2.59. The lowest BCUT2D eigenvalue weighted by Gasteiger charge is -2.38. The van der Waals surface area contributed by atoms with Gasteiger partial charge >= 0.3 is 0 Å². The fourth-order valence-electron chi connectivity index (χ4n) is 4.08. The Bertz CT molecular complexity index is 1450. The highest BCUT2D eigenvalue weighted by Gasteiger charge is 2.58. The van der Waals surface area contributed by atoms with Crippen molar-refractivity contribution in [1.29, 1.82) is 0 Å². The van der Waals surface area contributed by atoms with Crippen LogP contribution in [0.4, 0.5) is 11.4 Å². The van der Waals surface area contributed by atoms with Crippen molar-refractivity contribution in [3.8, 4) is 0 Å². The zero-order valence-corrected chi connectivity index (χ0v) is 21.5. The van der Waals surface area contributed by atoms with Crippen LogP contribution in [0.3, 0.4) is 0 Å². The summed E-state index contributed by atoms with van der Waals surface area (Å²) < 4.78 is -0.834. The largest absolute Gasteiger partial charge is 0.268 e. The number of anilines is 2. The molecule has 0 radical (unpaired) electrons. The molecule has 3 aromatic carbocycles. The summed E-state index contributed by atoms with van der Waals surface area (Å²) in [6.45, 7) is 0. The van der Waals surface area contributed by atoms with Gasteiger partial charge in [0.15, 0.2) is 0 Å². The van der Waals surface area contributed by atoms with Crippen molar-refractivity contribution in [2.45, 2.75) is 4.33 Å². The molecule has 6 rings (SSSR count). The topological polar surface area (TPSA) is 35.9 Å². The Morgan fingerprint density at radius 1 is 0.722 bits per heavy atom. The molecule has 176 valence electrons. The maximum Gasteiger partial charge on any atom is 0.268 e. The maximum atomic E-state index is 14.0. The molecule has 1 spiro atoms. The van der Waals surface area contributed by atoms with E-state index in [4.69, 9.17) is 5.10 Å². The van der Waals surface area contributed by atoms with E-state index in [0.717, 1.165) is 26.9 Å². The van der Waals surface area contributed by atoms with Crippen molar-refractivity contribution in [2.75, 3.05) is 9.91 Å². The van der Waals surface area contributed by atoms with Crippen molar-refractivity contribution in [1.82, 2.24) is 0 Å². The van der Waals surface area contributed by atoms with Gasteiger partial charge in [-0.15, -0.1) is 11.3 Å². The number of thioether (sulfide) groups is 2. The van der Waals surface area contributed by atoms with Crippen LogP contribution < -0.4 is 9.91 Å². The van der Waals surface area contributed by atoms with E-state index in [1.807, 2.05) is 118 Å². The van der Waals surface area contributed by atoms with Crippen molar-refractivity contribution in [3.05, 3.63) is 130 Å². The molecule has 0 unspecified atom stereocenters. The van der Waals surface area contributed by atoms with Gasteiger partial charge in [-0.25, -0.2) is 5.01 Å². The minimum Gasteiger partial charge on any atom is -0.268 e. The smallest absolute Gasteiger partial charge is 0.268 e. The summed E-state index contributed by atoms with van der Waals surface area (Å²) in [6.07, 6.45) is 6.08. The number of para-hydroxylation sites is 2. The molecule has 36 heavy (non-hydrogen) atoms. The second-order valence-electron chi connectivity index (χ2n) is 8.08. The Hall–Kier alpha value is -3.52. The van der Waals surface area contributed by atoms with Crippen LogP contribution in [0.25, 0.3) is 12.2 Å². The molecule has 1 fully saturated rings. The zero-order chi connectivity index (χ0) is 24.4. The molecule has 0 N–H and O–H groups in total. The molecule has 1 aromatic heterocycles. The minimum absolute atomic E-state index is 0.0310. The van der Waals surface area contributed by atoms with E-state index in [9.17, 15) is 4.79 Å². The summed E-state index contributed by atoms with van der Waals surface area (Å²) >= 11 is 4.75. The van der Waals surface area contributed by atoms with Crippen molar-refractivity contribution in [3.63, 3.8) is 0 Å². The van der Waals surface area contributed by atoms with Crippen LogP contribution in [0.2, 0.25) is 0 Å². The summed E-state index contributed by atoms with van der Waals surface area (Å²) in [7, 11) is 0. The van der Waals surface area contributed by atoms with Gasteiger partial charge in [0.05, 0.1) is 10.6 Å². The average molecular weight is 524 g/mol. The summed E-state index contributed by atoms with van der Waals surface area (Å²) in [5.74, 6) is -0.0310. The number of thiophene rings is 1. The number of carbonyl (C=O) groups is 1. The third-order valence-electron chi connectivity index (χ3n) is 5.69. The van der Waals surface area contributed by atoms with Crippen LogP contribution in [0.1, 0.15) is 10.4 Å². The van der Waals surface area contributed by atoms with Gasteiger partial charge in [-0.2, -0.15) is 5.10 Å². The predicted molar refractivity (Wildman–Crippen MR) is 156 cm³/mol. The molecule has 1 atom stereocenters. The normalized spacial score (nSPS) is 20.7. The molecule has 4 nitrogen and oxygen atoms in total. The Balaban J connectivity index is 1.47. The molecule has 0 bridgehead atoms. The van der Waals surface area contributed by atoms with Crippen molar-refractivity contribution >= 4 is 69.3 Å².